The highest BCUT2D eigenvalue weighted by Gasteiger charge is 2.22. The molecule has 0 saturated heterocycles. The largest absolute Gasteiger partial charge is 0.478 e. The van der Waals surface area contributed by atoms with Gasteiger partial charge >= 0.3 is 5.97 Å². The number of carboxylic acid groups (broad SMARTS) is 1. The predicted octanol–water partition coefficient (Wildman–Crippen LogP) is 1.85. The van der Waals surface area contributed by atoms with Crippen LogP contribution >= 0.6 is 0 Å². The summed E-state index contributed by atoms with van der Waals surface area (Å²) < 4.78 is 27.7. The Morgan fingerprint density at radius 2 is 1.83 bits per heavy atom. The monoisotopic (exact) mass is 348 g/mol. The number of carboxylic acids is 1. The van der Waals surface area contributed by atoms with Crippen molar-refractivity contribution in [3.05, 3.63) is 59.2 Å². The number of benzene rings is 2. The zero-order valence-corrected chi connectivity index (χ0v) is 13.6. The van der Waals surface area contributed by atoms with Crippen molar-refractivity contribution in [2.24, 2.45) is 5.73 Å². The first-order chi connectivity index (χ1) is 11.3. The number of hydrogen-bond donors (Lipinski definition) is 3. The maximum absolute atomic E-state index is 12.7. The van der Waals surface area contributed by atoms with E-state index in [9.17, 15) is 18.0 Å². The van der Waals surface area contributed by atoms with E-state index in [4.69, 9.17) is 10.8 Å². The fourth-order valence-electron chi connectivity index (χ4n) is 2.22. The Morgan fingerprint density at radius 3 is 2.42 bits per heavy atom. The van der Waals surface area contributed by atoms with Crippen molar-refractivity contribution >= 4 is 27.6 Å². The van der Waals surface area contributed by atoms with Gasteiger partial charge in [-0.1, -0.05) is 25.1 Å². The number of carbonyl (C=O) groups excluding carboxylic acids is 1. The lowest BCUT2D eigenvalue weighted by molar-refractivity contribution is 0.0696. The molecule has 1 amide bonds. The van der Waals surface area contributed by atoms with Crippen LogP contribution in [0.3, 0.4) is 0 Å². The smallest absolute Gasteiger partial charge is 0.335 e. The van der Waals surface area contributed by atoms with Crippen LogP contribution in [0.1, 0.15) is 33.2 Å². The van der Waals surface area contributed by atoms with Crippen LogP contribution < -0.4 is 10.5 Å². The standard InChI is InChI=1S/C16H16N2O5S/c1-2-10-7-8-11(16(20)21)9-14(10)24(22,23)18-13-6-4-3-5-12(13)15(17)19/h3-9,18H,2H2,1H3,(H2,17,19)(H,20,21). The summed E-state index contributed by atoms with van der Waals surface area (Å²) in [6.45, 7) is 1.76. The van der Waals surface area contributed by atoms with Crippen LogP contribution in [0.4, 0.5) is 5.69 Å². The molecule has 4 N–H and O–H groups in total. The number of nitrogens with two attached hydrogens (primary N) is 1. The van der Waals surface area contributed by atoms with Gasteiger partial charge in [-0.2, -0.15) is 0 Å². The number of nitrogens with one attached hydrogen (secondary N) is 1. The third-order valence-corrected chi connectivity index (χ3v) is 4.87. The van der Waals surface area contributed by atoms with Gasteiger partial charge in [-0.05, 0) is 36.2 Å². The van der Waals surface area contributed by atoms with E-state index >= 15 is 0 Å². The quantitative estimate of drug-likeness (QED) is 0.734. The molecular formula is C16H16N2O5S. The first-order valence-corrected chi connectivity index (χ1v) is 8.52. The molecule has 0 aliphatic carbocycles. The molecule has 24 heavy (non-hydrogen) atoms. The maximum atomic E-state index is 12.7. The lowest BCUT2D eigenvalue weighted by Gasteiger charge is -2.14. The molecule has 0 spiro atoms. The van der Waals surface area contributed by atoms with Crippen LogP contribution in [-0.4, -0.2) is 25.4 Å². The molecule has 0 aliphatic rings. The van der Waals surface area contributed by atoms with Gasteiger partial charge in [0.25, 0.3) is 15.9 Å². The highest BCUT2D eigenvalue weighted by Crippen LogP contribution is 2.24. The van der Waals surface area contributed by atoms with Gasteiger partial charge in [0.15, 0.2) is 0 Å². The Morgan fingerprint density at radius 1 is 1.17 bits per heavy atom. The topological polar surface area (TPSA) is 127 Å². The van der Waals surface area contributed by atoms with Gasteiger partial charge in [-0.15, -0.1) is 0 Å². The number of aromatic carboxylic acids is 1. The summed E-state index contributed by atoms with van der Waals surface area (Å²) in [4.78, 5) is 22.4. The molecule has 0 fully saturated rings. The van der Waals surface area contributed by atoms with Crippen molar-refractivity contribution in [3.8, 4) is 0 Å². The molecule has 7 nitrogen and oxygen atoms in total. The Kier molecular flexibility index (Phi) is 4.89. The summed E-state index contributed by atoms with van der Waals surface area (Å²) in [5.74, 6) is -2.00. The van der Waals surface area contributed by atoms with Gasteiger partial charge in [0, 0.05) is 0 Å². The van der Waals surface area contributed by atoms with Crippen molar-refractivity contribution < 1.29 is 23.1 Å². The molecule has 0 aromatic heterocycles. The van der Waals surface area contributed by atoms with E-state index in [1.165, 1.54) is 24.3 Å². The number of anilines is 1. The second-order valence-corrected chi connectivity index (χ2v) is 6.65. The SMILES string of the molecule is CCc1ccc(C(=O)O)cc1S(=O)(=O)Nc1ccccc1C(N)=O. The van der Waals surface area contributed by atoms with Crippen molar-refractivity contribution in [3.63, 3.8) is 0 Å². The molecule has 0 radical (unpaired) electrons. The van der Waals surface area contributed by atoms with E-state index < -0.39 is 21.9 Å². The minimum Gasteiger partial charge on any atom is -0.478 e. The summed E-state index contributed by atoms with van der Waals surface area (Å²) in [6.07, 6.45) is 0.396. The number of amides is 1. The van der Waals surface area contributed by atoms with E-state index in [0.717, 1.165) is 6.07 Å². The molecule has 0 heterocycles. The first kappa shape index (κ1) is 17.5. The third-order valence-electron chi connectivity index (χ3n) is 3.42. The van der Waals surface area contributed by atoms with E-state index in [1.54, 1.807) is 19.1 Å². The van der Waals surface area contributed by atoms with E-state index in [1.807, 2.05) is 0 Å². The van der Waals surface area contributed by atoms with Crippen LogP contribution in [0.2, 0.25) is 0 Å². The molecule has 0 atom stereocenters. The van der Waals surface area contributed by atoms with Crippen molar-refractivity contribution in [2.75, 3.05) is 4.72 Å². The van der Waals surface area contributed by atoms with Gasteiger partial charge in [0.05, 0.1) is 21.7 Å². The molecule has 2 aromatic carbocycles. The lowest BCUT2D eigenvalue weighted by Crippen LogP contribution is -2.20. The number of hydrogen-bond acceptors (Lipinski definition) is 4. The molecule has 0 bridgehead atoms. The number of para-hydroxylation sites is 1. The highest BCUT2D eigenvalue weighted by molar-refractivity contribution is 7.92. The maximum Gasteiger partial charge on any atom is 0.335 e. The van der Waals surface area contributed by atoms with Gasteiger partial charge < -0.3 is 10.8 Å². The van der Waals surface area contributed by atoms with Crippen molar-refractivity contribution in [2.45, 2.75) is 18.2 Å². The van der Waals surface area contributed by atoms with Gasteiger partial charge in [0.2, 0.25) is 0 Å². The zero-order valence-electron chi connectivity index (χ0n) is 12.8. The third kappa shape index (κ3) is 3.54. The van der Waals surface area contributed by atoms with Crippen LogP contribution in [-0.2, 0) is 16.4 Å². The zero-order chi connectivity index (χ0) is 17.9. The average Bonchev–Trinajstić information content (AvgIpc) is 2.54. The van der Waals surface area contributed by atoms with Crippen LogP contribution in [0.15, 0.2) is 47.4 Å². The molecule has 2 aromatic rings. The summed E-state index contributed by atoms with van der Waals surface area (Å²) in [6, 6.07) is 9.81. The Labute approximate surface area is 139 Å². The molecule has 0 unspecified atom stereocenters. The van der Waals surface area contributed by atoms with E-state index in [2.05, 4.69) is 4.72 Å². The van der Waals surface area contributed by atoms with E-state index in [-0.39, 0.29) is 21.7 Å². The molecular weight excluding hydrogens is 332 g/mol. The Balaban J connectivity index is 2.54. The van der Waals surface area contributed by atoms with Gasteiger partial charge in [0.1, 0.15) is 0 Å². The Hall–Kier alpha value is -2.87. The summed E-state index contributed by atoms with van der Waals surface area (Å²) >= 11 is 0. The summed E-state index contributed by atoms with van der Waals surface area (Å²) in [7, 11) is -4.09. The number of aryl methyl sites for hydroxylation is 1. The molecule has 0 aliphatic heterocycles. The normalized spacial score (nSPS) is 11.0. The predicted molar refractivity (Wildman–Crippen MR) is 88.5 cm³/mol. The number of sulfonamides is 1. The van der Waals surface area contributed by atoms with Gasteiger partial charge in [-0.25, -0.2) is 13.2 Å². The Bertz CT molecular complexity index is 906. The molecule has 2 rings (SSSR count). The summed E-state index contributed by atoms with van der Waals surface area (Å²) in [5, 5.41) is 9.07. The fraction of sp³-hybridized carbons (Fsp3) is 0.125. The minimum absolute atomic E-state index is 0.0218. The van der Waals surface area contributed by atoms with Crippen molar-refractivity contribution in [1.82, 2.24) is 0 Å². The first-order valence-electron chi connectivity index (χ1n) is 7.04. The highest BCUT2D eigenvalue weighted by atomic mass is 32.2. The average molecular weight is 348 g/mol. The second kappa shape index (κ2) is 6.71. The van der Waals surface area contributed by atoms with Crippen LogP contribution in [0.5, 0.6) is 0 Å². The second-order valence-electron chi connectivity index (χ2n) is 5.00. The fourth-order valence-corrected chi connectivity index (χ4v) is 3.63. The number of carbonyl (C=O) groups is 2. The summed E-state index contributed by atoms with van der Waals surface area (Å²) in [5.41, 5.74) is 5.62. The minimum atomic E-state index is -4.09. The molecule has 0 saturated carbocycles. The number of rotatable bonds is 6. The molecule has 8 heteroatoms. The van der Waals surface area contributed by atoms with Crippen LogP contribution in [0.25, 0.3) is 0 Å². The van der Waals surface area contributed by atoms with Crippen molar-refractivity contribution in [1.29, 1.82) is 0 Å². The molecule has 126 valence electrons. The van der Waals surface area contributed by atoms with Gasteiger partial charge in [-0.3, -0.25) is 9.52 Å². The van der Waals surface area contributed by atoms with Crippen LogP contribution in [0, 0.1) is 0 Å². The van der Waals surface area contributed by atoms with E-state index in [0.29, 0.717) is 12.0 Å². The number of primary amides is 1. The lowest BCUT2D eigenvalue weighted by atomic mass is 10.1.